The van der Waals surface area contributed by atoms with Crippen molar-refractivity contribution < 1.29 is 9.90 Å². The van der Waals surface area contributed by atoms with Crippen LogP contribution in [0.25, 0.3) is 0 Å². The van der Waals surface area contributed by atoms with Gasteiger partial charge in [0.15, 0.2) is 0 Å². The Morgan fingerprint density at radius 2 is 2.12 bits per heavy atom. The van der Waals surface area contributed by atoms with Crippen LogP contribution in [0.2, 0.25) is 0 Å². The Hall–Kier alpha value is -0.610. The molecule has 2 fully saturated rings. The van der Waals surface area contributed by atoms with E-state index in [1.54, 1.807) is 0 Å². The van der Waals surface area contributed by atoms with Crippen molar-refractivity contribution in [1.29, 1.82) is 0 Å². The molecule has 1 aliphatic heterocycles. The van der Waals surface area contributed by atoms with E-state index in [-0.39, 0.29) is 12.5 Å². The van der Waals surface area contributed by atoms with Gasteiger partial charge in [0, 0.05) is 19.6 Å². The molecule has 1 amide bonds. The Balaban J connectivity index is 1.65. The van der Waals surface area contributed by atoms with Crippen LogP contribution in [0.15, 0.2) is 0 Å². The molecule has 17 heavy (non-hydrogen) atoms. The van der Waals surface area contributed by atoms with Gasteiger partial charge in [-0.1, -0.05) is 6.42 Å². The molecule has 1 saturated heterocycles. The molecule has 1 saturated carbocycles. The number of nitrogens with one attached hydrogen (secondary N) is 2. The van der Waals surface area contributed by atoms with Crippen LogP contribution < -0.4 is 10.6 Å². The largest absolute Gasteiger partial charge is 0.396 e. The van der Waals surface area contributed by atoms with Gasteiger partial charge in [-0.25, -0.2) is 0 Å². The first-order chi connectivity index (χ1) is 8.29. The zero-order chi connectivity index (χ0) is 12.1. The van der Waals surface area contributed by atoms with E-state index in [4.69, 9.17) is 0 Å². The minimum Gasteiger partial charge on any atom is -0.396 e. The standard InChI is InChI=1S/C13H24N2O2/c16-9-12-3-1-2-11(12)8-15-13(17)6-10-4-5-14-7-10/h10-12,14,16H,1-9H2,(H,15,17). The molecule has 2 rings (SSSR count). The summed E-state index contributed by atoms with van der Waals surface area (Å²) in [6, 6.07) is 0. The van der Waals surface area contributed by atoms with E-state index in [2.05, 4.69) is 10.6 Å². The Kier molecular flexibility index (Phi) is 4.80. The van der Waals surface area contributed by atoms with E-state index >= 15 is 0 Å². The molecule has 1 heterocycles. The monoisotopic (exact) mass is 240 g/mol. The number of aliphatic hydroxyl groups excluding tert-OH is 1. The molecule has 0 spiro atoms. The molecule has 2 aliphatic rings. The molecule has 3 N–H and O–H groups in total. The highest BCUT2D eigenvalue weighted by molar-refractivity contribution is 5.76. The van der Waals surface area contributed by atoms with Crippen molar-refractivity contribution >= 4 is 5.91 Å². The minimum atomic E-state index is 0.183. The topological polar surface area (TPSA) is 61.4 Å². The van der Waals surface area contributed by atoms with Crippen LogP contribution in [0.4, 0.5) is 0 Å². The average Bonchev–Trinajstić information content (AvgIpc) is 2.96. The summed E-state index contributed by atoms with van der Waals surface area (Å²) >= 11 is 0. The molecule has 3 atom stereocenters. The van der Waals surface area contributed by atoms with Gasteiger partial charge in [0.05, 0.1) is 0 Å². The fraction of sp³-hybridized carbons (Fsp3) is 0.923. The molecule has 3 unspecified atom stereocenters. The number of rotatable bonds is 5. The summed E-state index contributed by atoms with van der Waals surface area (Å²) in [5.74, 6) is 1.60. The van der Waals surface area contributed by atoms with Gasteiger partial charge in [-0.3, -0.25) is 4.79 Å². The maximum atomic E-state index is 11.7. The Bertz CT molecular complexity index is 252. The van der Waals surface area contributed by atoms with Crippen molar-refractivity contribution in [3.63, 3.8) is 0 Å². The summed E-state index contributed by atoms with van der Waals surface area (Å²) < 4.78 is 0. The van der Waals surface area contributed by atoms with Crippen LogP contribution in [0, 0.1) is 17.8 Å². The minimum absolute atomic E-state index is 0.183. The highest BCUT2D eigenvalue weighted by Crippen LogP contribution is 2.30. The van der Waals surface area contributed by atoms with Crippen molar-refractivity contribution in [3.8, 4) is 0 Å². The lowest BCUT2D eigenvalue weighted by molar-refractivity contribution is -0.122. The Morgan fingerprint density at radius 3 is 2.82 bits per heavy atom. The van der Waals surface area contributed by atoms with Gasteiger partial charge in [-0.15, -0.1) is 0 Å². The van der Waals surface area contributed by atoms with E-state index in [0.29, 0.717) is 24.2 Å². The highest BCUT2D eigenvalue weighted by Gasteiger charge is 2.27. The molecule has 1 aliphatic carbocycles. The van der Waals surface area contributed by atoms with E-state index in [1.165, 1.54) is 6.42 Å². The van der Waals surface area contributed by atoms with Crippen molar-refractivity contribution in [3.05, 3.63) is 0 Å². The van der Waals surface area contributed by atoms with Gasteiger partial charge in [0.2, 0.25) is 5.91 Å². The molecule has 0 aromatic carbocycles. The van der Waals surface area contributed by atoms with Gasteiger partial charge < -0.3 is 15.7 Å². The third kappa shape index (κ3) is 3.68. The Morgan fingerprint density at radius 1 is 1.29 bits per heavy atom. The first kappa shape index (κ1) is 12.8. The number of hydrogen-bond acceptors (Lipinski definition) is 3. The number of hydrogen-bond donors (Lipinski definition) is 3. The van der Waals surface area contributed by atoms with Gasteiger partial charge in [-0.05, 0) is 50.1 Å². The Labute approximate surface area is 103 Å². The summed E-state index contributed by atoms with van der Waals surface area (Å²) in [6.45, 7) is 3.06. The fourth-order valence-electron chi connectivity index (χ4n) is 3.09. The van der Waals surface area contributed by atoms with E-state index in [9.17, 15) is 9.90 Å². The molecular formula is C13H24N2O2. The molecule has 0 bridgehead atoms. The molecule has 4 heteroatoms. The lowest BCUT2D eigenvalue weighted by Gasteiger charge is -2.18. The third-order valence-electron chi connectivity index (χ3n) is 4.25. The summed E-state index contributed by atoms with van der Waals surface area (Å²) in [6.07, 6.45) is 5.23. The van der Waals surface area contributed by atoms with Crippen molar-refractivity contribution in [1.82, 2.24) is 10.6 Å². The van der Waals surface area contributed by atoms with E-state index < -0.39 is 0 Å². The summed E-state index contributed by atoms with van der Waals surface area (Å²) in [4.78, 5) is 11.7. The average molecular weight is 240 g/mol. The van der Waals surface area contributed by atoms with Crippen molar-refractivity contribution in [2.75, 3.05) is 26.2 Å². The SMILES string of the molecule is O=C(CC1CCNC1)NCC1CCCC1CO. The molecule has 4 nitrogen and oxygen atoms in total. The van der Waals surface area contributed by atoms with Crippen molar-refractivity contribution in [2.24, 2.45) is 17.8 Å². The zero-order valence-electron chi connectivity index (χ0n) is 10.5. The summed E-state index contributed by atoms with van der Waals surface area (Å²) in [5.41, 5.74) is 0. The second kappa shape index (κ2) is 6.36. The molecule has 0 aromatic heterocycles. The van der Waals surface area contributed by atoms with Crippen molar-refractivity contribution in [2.45, 2.75) is 32.1 Å². The van der Waals surface area contributed by atoms with Crippen LogP contribution in [-0.2, 0) is 4.79 Å². The van der Waals surface area contributed by atoms with Gasteiger partial charge in [-0.2, -0.15) is 0 Å². The van der Waals surface area contributed by atoms with Crippen LogP contribution in [0.3, 0.4) is 0 Å². The number of carbonyl (C=O) groups is 1. The quantitative estimate of drug-likeness (QED) is 0.656. The lowest BCUT2D eigenvalue weighted by atomic mass is 9.96. The number of aliphatic hydroxyl groups is 1. The predicted octanol–water partition coefficient (Wildman–Crippen LogP) is 0.511. The first-order valence-corrected chi connectivity index (χ1v) is 6.88. The smallest absolute Gasteiger partial charge is 0.220 e. The van der Waals surface area contributed by atoms with Gasteiger partial charge in [0.1, 0.15) is 0 Å². The van der Waals surface area contributed by atoms with E-state index in [1.807, 2.05) is 0 Å². The second-order valence-electron chi connectivity index (χ2n) is 5.50. The summed E-state index contributed by atoms with van der Waals surface area (Å²) in [7, 11) is 0. The number of carbonyl (C=O) groups excluding carboxylic acids is 1. The second-order valence-corrected chi connectivity index (χ2v) is 5.50. The van der Waals surface area contributed by atoms with Crippen LogP contribution in [0.5, 0.6) is 0 Å². The zero-order valence-corrected chi connectivity index (χ0v) is 10.5. The van der Waals surface area contributed by atoms with Crippen LogP contribution in [0.1, 0.15) is 32.1 Å². The van der Waals surface area contributed by atoms with Crippen LogP contribution >= 0.6 is 0 Å². The highest BCUT2D eigenvalue weighted by atomic mass is 16.3. The number of amides is 1. The summed E-state index contributed by atoms with van der Waals surface area (Å²) in [5, 5.41) is 15.5. The lowest BCUT2D eigenvalue weighted by Crippen LogP contribution is -2.33. The van der Waals surface area contributed by atoms with Gasteiger partial charge >= 0.3 is 0 Å². The maximum Gasteiger partial charge on any atom is 0.220 e. The normalized spacial score (nSPS) is 32.9. The molecular weight excluding hydrogens is 216 g/mol. The van der Waals surface area contributed by atoms with Gasteiger partial charge in [0.25, 0.3) is 0 Å². The first-order valence-electron chi connectivity index (χ1n) is 6.88. The predicted molar refractivity (Wildman–Crippen MR) is 66.5 cm³/mol. The molecule has 0 aromatic rings. The maximum absolute atomic E-state index is 11.7. The fourth-order valence-corrected chi connectivity index (χ4v) is 3.09. The third-order valence-corrected chi connectivity index (χ3v) is 4.25. The molecule has 0 radical (unpaired) electrons. The van der Waals surface area contributed by atoms with E-state index in [0.717, 1.165) is 38.9 Å². The van der Waals surface area contributed by atoms with Crippen LogP contribution in [-0.4, -0.2) is 37.3 Å². The molecule has 98 valence electrons.